The number of unbranched alkanes of at least 4 members (excludes halogenated alkanes) is 1. The summed E-state index contributed by atoms with van der Waals surface area (Å²) in [7, 11) is 0. The highest BCUT2D eigenvalue weighted by molar-refractivity contribution is 9.10. The van der Waals surface area contributed by atoms with E-state index >= 15 is 0 Å². The Morgan fingerprint density at radius 1 is 1.07 bits per heavy atom. The van der Waals surface area contributed by atoms with Crippen LogP contribution in [0.15, 0.2) is 16.6 Å². The Morgan fingerprint density at radius 3 is 2.40 bits per heavy atom. The fraction of sp³-hybridized carbons (Fsp3) is 0.538. The molecule has 0 fully saturated rings. The summed E-state index contributed by atoms with van der Waals surface area (Å²) in [4.78, 5) is 0. The predicted octanol–water partition coefficient (Wildman–Crippen LogP) is 4.45. The molecule has 0 saturated carbocycles. The molecule has 0 amide bonds. The van der Waals surface area contributed by atoms with Crippen LogP contribution in [0.5, 0.6) is 5.75 Å². The lowest BCUT2D eigenvalue weighted by atomic mass is 10.0. The van der Waals surface area contributed by atoms with Gasteiger partial charge in [-0.1, -0.05) is 42.6 Å². The summed E-state index contributed by atoms with van der Waals surface area (Å²) in [6, 6.07) is 3.97. The van der Waals surface area contributed by atoms with Crippen LogP contribution in [0.1, 0.15) is 44.2 Å². The van der Waals surface area contributed by atoms with Crippen LogP contribution in [0, 0.1) is 0 Å². The second-order valence-electron chi connectivity index (χ2n) is 3.93. The number of benzene rings is 1. The molecule has 1 aromatic carbocycles. The maximum atomic E-state index is 9.83. The van der Waals surface area contributed by atoms with Gasteiger partial charge in [-0.15, -0.1) is 0 Å². The third-order valence-electron chi connectivity index (χ3n) is 2.57. The van der Waals surface area contributed by atoms with Crippen LogP contribution in [0.3, 0.4) is 0 Å². The fourth-order valence-electron chi connectivity index (χ4n) is 1.67. The van der Waals surface area contributed by atoms with Gasteiger partial charge in [0.15, 0.2) is 0 Å². The molecule has 0 aromatic heterocycles. The third-order valence-corrected chi connectivity index (χ3v) is 3.30. The molecule has 0 aliphatic carbocycles. The van der Waals surface area contributed by atoms with Gasteiger partial charge in [-0.05, 0) is 42.5 Å². The summed E-state index contributed by atoms with van der Waals surface area (Å²) < 4.78 is 1.14. The van der Waals surface area contributed by atoms with E-state index in [1.165, 1.54) is 18.4 Å². The smallest absolute Gasteiger partial charge is 0.119 e. The van der Waals surface area contributed by atoms with Gasteiger partial charge < -0.3 is 5.11 Å². The topological polar surface area (TPSA) is 20.2 Å². The van der Waals surface area contributed by atoms with Gasteiger partial charge in [-0.2, -0.15) is 0 Å². The first-order valence-electron chi connectivity index (χ1n) is 5.69. The normalized spacial score (nSPS) is 10.6. The van der Waals surface area contributed by atoms with Crippen molar-refractivity contribution < 1.29 is 5.11 Å². The van der Waals surface area contributed by atoms with E-state index in [9.17, 15) is 5.11 Å². The van der Waals surface area contributed by atoms with E-state index in [0.717, 1.165) is 29.3 Å². The molecule has 2 heteroatoms. The maximum Gasteiger partial charge on any atom is 0.119 e. The molecular formula is C13H19BrO. The Labute approximate surface area is 101 Å². The van der Waals surface area contributed by atoms with Gasteiger partial charge in [0.2, 0.25) is 0 Å². The summed E-state index contributed by atoms with van der Waals surface area (Å²) in [5, 5.41) is 9.83. The lowest BCUT2D eigenvalue weighted by Gasteiger charge is -2.09. The lowest BCUT2D eigenvalue weighted by Crippen LogP contribution is -1.91. The van der Waals surface area contributed by atoms with E-state index in [4.69, 9.17) is 0 Å². The Kier molecular flexibility index (Phi) is 5.16. The van der Waals surface area contributed by atoms with Crippen LogP contribution in [-0.4, -0.2) is 5.11 Å². The average molecular weight is 271 g/mol. The number of aryl methyl sites for hydroxylation is 2. The van der Waals surface area contributed by atoms with E-state index in [1.807, 2.05) is 6.07 Å². The minimum atomic E-state index is 0.450. The molecule has 15 heavy (non-hydrogen) atoms. The molecule has 0 aliphatic rings. The minimum absolute atomic E-state index is 0.450. The van der Waals surface area contributed by atoms with Crippen molar-refractivity contribution in [3.8, 4) is 5.75 Å². The molecule has 1 N–H and O–H groups in total. The van der Waals surface area contributed by atoms with Gasteiger partial charge in [0.25, 0.3) is 0 Å². The number of hydrogen-bond donors (Lipinski definition) is 1. The summed E-state index contributed by atoms with van der Waals surface area (Å²) in [6.07, 6.45) is 5.40. The Bertz CT molecular complexity index is 321. The van der Waals surface area contributed by atoms with E-state index in [0.29, 0.717) is 5.75 Å². The zero-order valence-electron chi connectivity index (χ0n) is 9.52. The van der Waals surface area contributed by atoms with Gasteiger partial charge >= 0.3 is 0 Å². The average Bonchev–Trinajstić information content (AvgIpc) is 2.21. The Morgan fingerprint density at radius 2 is 1.80 bits per heavy atom. The number of aromatic hydroxyl groups is 1. The Hall–Kier alpha value is -0.500. The van der Waals surface area contributed by atoms with Crippen molar-refractivity contribution in [1.29, 1.82) is 0 Å². The van der Waals surface area contributed by atoms with Crippen molar-refractivity contribution >= 4 is 15.9 Å². The van der Waals surface area contributed by atoms with Crippen molar-refractivity contribution in [2.24, 2.45) is 0 Å². The molecule has 0 unspecified atom stereocenters. The van der Waals surface area contributed by atoms with Crippen LogP contribution >= 0.6 is 15.9 Å². The standard InChI is InChI=1S/C13H19BrO/c1-3-5-7-10-9-13(15)11(6-4-2)8-12(10)14/h8-9,15H,3-7H2,1-2H3. The molecule has 0 heterocycles. The van der Waals surface area contributed by atoms with E-state index < -0.39 is 0 Å². The van der Waals surface area contributed by atoms with Gasteiger partial charge in [0, 0.05) is 4.47 Å². The number of phenolic OH excluding ortho intramolecular Hbond substituents is 1. The number of phenols is 1. The zero-order valence-corrected chi connectivity index (χ0v) is 11.1. The third kappa shape index (κ3) is 3.53. The first-order valence-corrected chi connectivity index (χ1v) is 6.48. The number of rotatable bonds is 5. The van der Waals surface area contributed by atoms with Gasteiger partial charge in [-0.25, -0.2) is 0 Å². The first kappa shape index (κ1) is 12.6. The number of hydrogen-bond acceptors (Lipinski definition) is 1. The molecule has 1 rings (SSSR count). The monoisotopic (exact) mass is 270 g/mol. The Balaban J connectivity index is 2.87. The molecule has 0 atom stereocenters. The highest BCUT2D eigenvalue weighted by Crippen LogP contribution is 2.28. The molecule has 0 saturated heterocycles. The van der Waals surface area contributed by atoms with E-state index in [2.05, 4.69) is 35.8 Å². The zero-order chi connectivity index (χ0) is 11.3. The minimum Gasteiger partial charge on any atom is -0.508 e. The summed E-state index contributed by atoms with van der Waals surface area (Å²) >= 11 is 3.57. The largest absolute Gasteiger partial charge is 0.508 e. The van der Waals surface area contributed by atoms with Gasteiger partial charge in [0.1, 0.15) is 5.75 Å². The molecular weight excluding hydrogens is 252 g/mol. The SMILES string of the molecule is CCCCc1cc(O)c(CCC)cc1Br. The summed E-state index contributed by atoms with van der Waals surface area (Å²) in [5.41, 5.74) is 2.26. The maximum absolute atomic E-state index is 9.83. The predicted molar refractivity (Wildman–Crippen MR) is 68.4 cm³/mol. The molecule has 0 radical (unpaired) electrons. The van der Waals surface area contributed by atoms with E-state index in [1.54, 1.807) is 0 Å². The first-order chi connectivity index (χ1) is 7.19. The van der Waals surface area contributed by atoms with E-state index in [-0.39, 0.29) is 0 Å². The van der Waals surface area contributed by atoms with Crippen molar-refractivity contribution in [1.82, 2.24) is 0 Å². The molecule has 0 aliphatic heterocycles. The van der Waals surface area contributed by atoms with Gasteiger partial charge in [-0.3, -0.25) is 0 Å². The van der Waals surface area contributed by atoms with Crippen molar-refractivity contribution in [2.45, 2.75) is 46.0 Å². The van der Waals surface area contributed by atoms with Crippen LogP contribution in [-0.2, 0) is 12.8 Å². The van der Waals surface area contributed by atoms with Gasteiger partial charge in [0.05, 0.1) is 0 Å². The molecule has 84 valence electrons. The van der Waals surface area contributed by atoms with Crippen LogP contribution in [0.4, 0.5) is 0 Å². The molecule has 1 nitrogen and oxygen atoms in total. The highest BCUT2D eigenvalue weighted by Gasteiger charge is 2.06. The fourth-order valence-corrected chi connectivity index (χ4v) is 2.26. The van der Waals surface area contributed by atoms with Crippen LogP contribution < -0.4 is 0 Å². The summed E-state index contributed by atoms with van der Waals surface area (Å²) in [6.45, 7) is 4.30. The molecule has 0 spiro atoms. The van der Waals surface area contributed by atoms with Crippen molar-refractivity contribution in [2.75, 3.05) is 0 Å². The second kappa shape index (κ2) is 6.16. The highest BCUT2D eigenvalue weighted by atomic mass is 79.9. The quantitative estimate of drug-likeness (QED) is 0.838. The molecule has 1 aromatic rings. The van der Waals surface area contributed by atoms with Crippen LogP contribution in [0.25, 0.3) is 0 Å². The van der Waals surface area contributed by atoms with Crippen molar-refractivity contribution in [3.05, 3.63) is 27.7 Å². The number of halogens is 1. The summed E-state index contributed by atoms with van der Waals surface area (Å²) in [5.74, 6) is 0.450. The second-order valence-corrected chi connectivity index (χ2v) is 4.78. The lowest BCUT2D eigenvalue weighted by molar-refractivity contribution is 0.466. The van der Waals surface area contributed by atoms with Crippen LogP contribution in [0.2, 0.25) is 0 Å². The molecule has 0 bridgehead atoms. The van der Waals surface area contributed by atoms with Crippen molar-refractivity contribution in [3.63, 3.8) is 0 Å².